The van der Waals surface area contributed by atoms with Crippen LogP contribution in [0.25, 0.3) is 0 Å². The van der Waals surface area contributed by atoms with Crippen LogP contribution in [0.3, 0.4) is 0 Å². The Bertz CT molecular complexity index is 342. The second-order valence-corrected chi connectivity index (χ2v) is 3.88. The van der Waals surface area contributed by atoms with Gasteiger partial charge >= 0.3 is 0 Å². The summed E-state index contributed by atoms with van der Waals surface area (Å²) in [5.41, 5.74) is 6.69. The van der Waals surface area contributed by atoms with Crippen molar-refractivity contribution >= 4 is 0 Å². The van der Waals surface area contributed by atoms with E-state index in [2.05, 4.69) is 5.32 Å². The van der Waals surface area contributed by atoms with Crippen LogP contribution in [0.1, 0.15) is 24.4 Å². The van der Waals surface area contributed by atoms with Crippen molar-refractivity contribution in [3.8, 4) is 11.5 Å². The summed E-state index contributed by atoms with van der Waals surface area (Å²) in [7, 11) is 5.28. The van der Waals surface area contributed by atoms with Gasteiger partial charge in [-0.25, -0.2) is 0 Å². The molecule has 17 heavy (non-hydrogen) atoms. The molecule has 0 fully saturated rings. The highest BCUT2D eigenvalue weighted by molar-refractivity contribution is 5.42. The molecule has 1 atom stereocenters. The minimum absolute atomic E-state index is 0.263. The van der Waals surface area contributed by atoms with Crippen LogP contribution in [-0.2, 0) is 0 Å². The van der Waals surface area contributed by atoms with Gasteiger partial charge < -0.3 is 20.5 Å². The van der Waals surface area contributed by atoms with Crippen molar-refractivity contribution in [1.29, 1.82) is 0 Å². The third-order valence-electron chi connectivity index (χ3n) is 2.86. The van der Waals surface area contributed by atoms with Crippen molar-refractivity contribution in [2.75, 3.05) is 27.8 Å². The summed E-state index contributed by atoms with van der Waals surface area (Å²) >= 11 is 0. The number of hydrogen-bond donors (Lipinski definition) is 2. The van der Waals surface area contributed by atoms with E-state index in [0.29, 0.717) is 6.54 Å². The molecule has 1 unspecified atom stereocenters. The van der Waals surface area contributed by atoms with Crippen LogP contribution in [0.15, 0.2) is 18.2 Å². The standard InChI is InChI=1S/C13H22N2O2/c1-15-12(5-4-8-14)11-7-6-10(16-2)9-13(11)17-3/h6-7,9,12,15H,4-5,8,14H2,1-3H3. The van der Waals surface area contributed by atoms with Crippen LogP contribution in [-0.4, -0.2) is 27.8 Å². The zero-order chi connectivity index (χ0) is 12.7. The average Bonchev–Trinajstić information content (AvgIpc) is 2.39. The topological polar surface area (TPSA) is 56.5 Å². The van der Waals surface area contributed by atoms with Crippen molar-refractivity contribution in [3.63, 3.8) is 0 Å². The predicted molar refractivity (Wildman–Crippen MR) is 69.6 cm³/mol. The summed E-state index contributed by atoms with van der Waals surface area (Å²) < 4.78 is 10.6. The summed E-state index contributed by atoms with van der Waals surface area (Å²) in [6, 6.07) is 6.15. The van der Waals surface area contributed by atoms with E-state index in [-0.39, 0.29) is 6.04 Å². The molecule has 0 saturated heterocycles. The van der Waals surface area contributed by atoms with Gasteiger partial charge in [-0.2, -0.15) is 0 Å². The molecular weight excluding hydrogens is 216 g/mol. The van der Waals surface area contributed by atoms with E-state index in [0.717, 1.165) is 29.9 Å². The molecule has 0 aliphatic carbocycles. The van der Waals surface area contributed by atoms with Crippen molar-refractivity contribution in [3.05, 3.63) is 23.8 Å². The molecule has 1 aromatic carbocycles. The summed E-state index contributed by atoms with van der Waals surface area (Å²) in [5, 5.41) is 3.29. The van der Waals surface area contributed by atoms with Gasteiger partial charge in [0.1, 0.15) is 11.5 Å². The van der Waals surface area contributed by atoms with Gasteiger partial charge in [-0.3, -0.25) is 0 Å². The quantitative estimate of drug-likeness (QED) is 0.759. The molecule has 4 heteroatoms. The predicted octanol–water partition coefficient (Wildman–Crippen LogP) is 1.70. The smallest absolute Gasteiger partial charge is 0.127 e. The Balaban J connectivity index is 2.93. The average molecular weight is 238 g/mol. The molecule has 96 valence electrons. The number of hydrogen-bond acceptors (Lipinski definition) is 4. The first-order valence-electron chi connectivity index (χ1n) is 5.86. The Morgan fingerprint density at radius 1 is 1.29 bits per heavy atom. The molecule has 0 heterocycles. The van der Waals surface area contributed by atoms with Gasteiger partial charge in [0, 0.05) is 17.7 Å². The monoisotopic (exact) mass is 238 g/mol. The first-order chi connectivity index (χ1) is 8.26. The highest BCUT2D eigenvalue weighted by Gasteiger charge is 2.14. The number of ether oxygens (including phenoxy) is 2. The maximum absolute atomic E-state index is 5.55. The summed E-state index contributed by atoms with van der Waals surface area (Å²) in [6.45, 7) is 0.705. The molecule has 3 N–H and O–H groups in total. The van der Waals surface area contributed by atoms with E-state index in [9.17, 15) is 0 Å². The first kappa shape index (κ1) is 13.8. The van der Waals surface area contributed by atoms with E-state index >= 15 is 0 Å². The summed E-state index contributed by atoms with van der Waals surface area (Å²) in [6.07, 6.45) is 1.98. The number of benzene rings is 1. The van der Waals surface area contributed by atoms with E-state index in [4.69, 9.17) is 15.2 Å². The van der Waals surface area contributed by atoms with Crippen molar-refractivity contribution in [1.82, 2.24) is 5.32 Å². The van der Waals surface area contributed by atoms with Crippen molar-refractivity contribution in [2.45, 2.75) is 18.9 Å². The maximum Gasteiger partial charge on any atom is 0.127 e. The fraction of sp³-hybridized carbons (Fsp3) is 0.538. The molecule has 0 radical (unpaired) electrons. The van der Waals surface area contributed by atoms with Crippen molar-refractivity contribution in [2.24, 2.45) is 5.73 Å². The zero-order valence-electron chi connectivity index (χ0n) is 10.8. The highest BCUT2D eigenvalue weighted by atomic mass is 16.5. The third kappa shape index (κ3) is 3.61. The van der Waals surface area contributed by atoms with Crippen LogP contribution >= 0.6 is 0 Å². The lowest BCUT2D eigenvalue weighted by molar-refractivity contribution is 0.383. The second kappa shape index (κ2) is 7.14. The Morgan fingerprint density at radius 3 is 2.59 bits per heavy atom. The molecule has 4 nitrogen and oxygen atoms in total. The van der Waals surface area contributed by atoms with Gasteiger partial charge in [-0.05, 0) is 32.5 Å². The third-order valence-corrected chi connectivity index (χ3v) is 2.86. The number of nitrogens with one attached hydrogen (secondary N) is 1. The fourth-order valence-corrected chi connectivity index (χ4v) is 1.88. The van der Waals surface area contributed by atoms with Crippen LogP contribution in [0, 0.1) is 0 Å². The molecule has 0 aromatic heterocycles. The van der Waals surface area contributed by atoms with E-state index in [1.54, 1.807) is 14.2 Å². The fourth-order valence-electron chi connectivity index (χ4n) is 1.88. The summed E-state index contributed by atoms with van der Waals surface area (Å²) in [4.78, 5) is 0. The van der Waals surface area contributed by atoms with Crippen LogP contribution in [0.5, 0.6) is 11.5 Å². The Morgan fingerprint density at radius 2 is 2.06 bits per heavy atom. The first-order valence-corrected chi connectivity index (χ1v) is 5.86. The Hall–Kier alpha value is -1.26. The van der Waals surface area contributed by atoms with Crippen LogP contribution in [0.2, 0.25) is 0 Å². The van der Waals surface area contributed by atoms with Gasteiger partial charge in [0.2, 0.25) is 0 Å². The SMILES string of the molecule is CNC(CCCN)c1ccc(OC)cc1OC. The van der Waals surface area contributed by atoms with Gasteiger partial charge in [-0.15, -0.1) is 0 Å². The summed E-state index contributed by atoms with van der Waals surface area (Å²) in [5.74, 6) is 1.65. The lowest BCUT2D eigenvalue weighted by Crippen LogP contribution is -2.18. The maximum atomic E-state index is 5.55. The van der Waals surface area contributed by atoms with Crippen LogP contribution in [0.4, 0.5) is 0 Å². The second-order valence-electron chi connectivity index (χ2n) is 3.88. The molecule has 1 rings (SSSR count). The Labute approximate surface area is 103 Å². The molecule has 0 spiro atoms. The number of methoxy groups -OCH3 is 2. The molecule has 0 amide bonds. The van der Waals surface area contributed by atoms with E-state index < -0.39 is 0 Å². The van der Waals surface area contributed by atoms with E-state index in [1.807, 2.05) is 25.2 Å². The van der Waals surface area contributed by atoms with Crippen molar-refractivity contribution < 1.29 is 9.47 Å². The normalized spacial score (nSPS) is 12.2. The molecule has 0 saturated carbocycles. The van der Waals surface area contributed by atoms with Gasteiger partial charge in [0.05, 0.1) is 14.2 Å². The minimum Gasteiger partial charge on any atom is -0.497 e. The Kier molecular flexibility index (Phi) is 5.80. The van der Waals surface area contributed by atoms with Gasteiger partial charge in [-0.1, -0.05) is 6.07 Å². The zero-order valence-corrected chi connectivity index (χ0v) is 10.8. The lowest BCUT2D eigenvalue weighted by Gasteiger charge is -2.19. The molecular formula is C13H22N2O2. The molecule has 0 aliphatic rings. The molecule has 1 aromatic rings. The largest absolute Gasteiger partial charge is 0.497 e. The molecule has 0 aliphatic heterocycles. The molecule has 0 bridgehead atoms. The lowest BCUT2D eigenvalue weighted by atomic mass is 10.0. The van der Waals surface area contributed by atoms with Gasteiger partial charge in [0.25, 0.3) is 0 Å². The van der Waals surface area contributed by atoms with Crippen LogP contribution < -0.4 is 20.5 Å². The minimum atomic E-state index is 0.263. The number of nitrogens with two attached hydrogens (primary N) is 1. The number of rotatable bonds is 7. The van der Waals surface area contributed by atoms with Gasteiger partial charge in [0.15, 0.2) is 0 Å². The highest BCUT2D eigenvalue weighted by Crippen LogP contribution is 2.31. The van der Waals surface area contributed by atoms with E-state index in [1.165, 1.54) is 0 Å².